The summed E-state index contributed by atoms with van der Waals surface area (Å²) in [6.07, 6.45) is 2.61. The van der Waals surface area contributed by atoms with Gasteiger partial charge in [0.05, 0.1) is 12.2 Å². The number of rotatable bonds is 2. The fourth-order valence-corrected chi connectivity index (χ4v) is 2.28. The molecular weight excluding hydrogens is 284 g/mol. The number of aromatic nitrogens is 1. The highest BCUT2D eigenvalue weighted by Gasteiger charge is 2.29. The molecule has 0 unspecified atom stereocenters. The molecule has 0 radical (unpaired) electrons. The van der Waals surface area contributed by atoms with Crippen molar-refractivity contribution in [1.29, 1.82) is 0 Å². The van der Waals surface area contributed by atoms with E-state index in [1.807, 2.05) is 20.8 Å². The third-order valence-corrected chi connectivity index (χ3v) is 3.15. The molecule has 0 bridgehead atoms. The van der Waals surface area contributed by atoms with E-state index in [0.29, 0.717) is 24.5 Å². The van der Waals surface area contributed by atoms with Crippen LogP contribution in [0, 0.1) is 0 Å². The molecule has 2 heterocycles. The molecular formula is C16H22N2O4. The Hall–Kier alpha value is -2.11. The summed E-state index contributed by atoms with van der Waals surface area (Å²) in [6, 6.07) is 1.75. The van der Waals surface area contributed by atoms with Crippen molar-refractivity contribution < 1.29 is 19.1 Å². The zero-order chi connectivity index (χ0) is 16.3. The Kier molecular flexibility index (Phi) is 4.68. The molecule has 1 aromatic heterocycles. The molecule has 0 fully saturated rings. The van der Waals surface area contributed by atoms with Crippen LogP contribution in [0.1, 0.15) is 50.0 Å². The van der Waals surface area contributed by atoms with Crippen molar-refractivity contribution in [3.8, 4) is 0 Å². The van der Waals surface area contributed by atoms with Gasteiger partial charge in [0.15, 0.2) is 0 Å². The van der Waals surface area contributed by atoms with Gasteiger partial charge in [0.25, 0.3) is 0 Å². The Bertz CT molecular complexity index is 578. The topological polar surface area (TPSA) is 68.7 Å². The second-order valence-electron chi connectivity index (χ2n) is 6.16. The maximum absolute atomic E-state index is 12.3. The zero-order valence-electron chi connectivity index (χ0n) is 13.5. The second kappa shape index (κ2) is 6.34. The number of carbonyl (C=O) groups excluding carboxylic acids is 2. The SMILES string of the molecule is CCOC(=O)c1cnc2c(c1)CCCN2C(=O)OC(C)(C)C. The number of nitrogens with zero attached hydrogens (tertiary/aromatic N) is 2. The average Bonchev–Trinajstić information content (AvgIpc) is 2.44. The number of anilines is 1. The number of ether oxygens (including phenoxy) is 2. The third kappa shape index (κ3) is 3.75. The van der Waals surface area contributed by atoms with Gasteiger partial charge in [0.2, 0.25) is 0 Å². The van der Waals surface area contributed by atoms with Crippen molar-refractivity contribution >= 4 is 17.9 Å². The number of esters is 1. The highest BCUT2D eigenvalue weighted by molar-refractivity contribution is 5.92. The van der Waals surface area contributed by atoms with Crippen LogP contribution >= 0.6 is 0 Å². The van der Waals surface area contributed by atoms with E-state index < -0.39 is 17.7 Å². The predicted molar refractivity (Wildman–Crippen MR) is 82.1 cm³/mol. The van der Waals surface area contributed by atoms with E-state index >= 15 is 0 Å². The van der Waals surface area contributed by atoms with Crippen LogP contribution in [0.15, 0.2) is 12.3 Å². The van der Waals surface area contributed by atoms with Crippen LogP contribution in [-0.4, -0.2) is 35.8 Å². The van der Waals surface area contributed by atoms with Crippen molar-refractivity contribution in [2.75, 3.05) is 18.1 Å². The summed E-state index contributed by atoms with van der Waals surface area (Å²) in [6.45, 7) is 8.12. The van der Waals surface area contributed by atoms with Crippen LogP contribution in [0.25, 0.3) is 0 Å². The fraction of sp³-hybridized carbons (Fsp3) is 0.562. The molecule has 0 saturated heterocycles. The molecule has 1 aliphatic heterocycles. The summed E-state index contributed by atoms with van der Waals surface area (Å²) in [4.78, 5) is 29.8. The number of fused-ring (bicyclic) bond motifs is 1. The summed E-state index contributed by atoms with van der Waals surface area (Å²) >= 11 is 0. The lowest BCUT2D eigenvalue weighted by atomic mass is 10.0. The Morgan fingerprint density at radius 2 is 2.09 bits per heavy atom. The van der Waals surface area contributed by atoms with Crippen LogP contribution in [0.2, 0.25) is 0 Å². The van der Waals surface area contributed by atoms with Gasteiger partial charge in [0, 0.05) is 12.7 Å². The smallest absolute Gasteiger partial charge is 0.416 e. The molecule has 0 aliphatic carbocycles. The predicted octanol–water partition coefficient (Wildman–Crippen LogP) is 2.95. The lowest BCUT2D eigenvalue weighted by Crippen LogP contribution is -2.40. The molecule has 22 heavy (non-hydrogen) atoms. The summed E-state index contributed by atoms with van der Waals surface area (Å²) in [5.74, 6) is 0.167. The molecule has 0 saturated carbocycles. The largest absolute Gasteiger partial charge is 0.462 e. The quantitative estimate of drug-likeness (QED) is 0.786. The van der Waals surface area contributed by atoms with Gasteiger partial charge in [-0.2, -0.15) is 0 Å². The van der Waals surface area contributed by atoms with Crippen LogP contribution in [0.5, 0.6) is 0 Å². The van der Waals surface area contributed by atoms with Crippen molar-refractivity contribution in [1.82, 2.24) is 4.98 Å². The zero-order valence-corrected chi connectivity index (χ0v) is 13.5. The highest BCUT2D eigenvalue weighted by Crippen LogP contribution is 2.27. The van der Waals surface area contributed by atoms with Gasteiger partial charge < -0.3 is 9.47 Å². The Balaban J connectivity index is 2.24. The number of hydrogen-bond donors (Lipinski definition) is 0. The van der Waals surface area contributed by atoms with Gasteiger partial charge in [-0.25, -0.2) is 14.6 Å². The van der Waals surface area contributed by atoms with E-state index in [2.05, 4.69) is 4.98 Å². The van der Waals surface area contributed by atoms with Gasteiger partial charge in [-0.3, -0.25) is 4.90 Å². The summed E-state index contributed by atoms with van der Waals surface area (Å²) in [7, 11) is 0. The second-order valence-corrected chi connectivity index (χ2v) is 6.16. The maximum atomic E-state index is 12.3. The first-order chi connectivity index (χ1) is 10.3. The molecule has 120 valence electrons. The normalized spacial score (nSPS) is 14.3. The minimum absolute atomic E-state index is 0.319. The van der Waals surface area contributed by atoms with Crippen LogP contribution in [-0.2, 0) is 15.9 Å². The molecule has 1 aromatic rings. The molecule has 6 heteroatoms. The number of pyridine rings is 1. The van der Waals surface area contributed by atoms with Crippen molar-refractivity contribution in [2.45, 2.75) is 46.1 Å². The average molecular weight is 306 g/mol. The monoisotopic (exact) mass is 306 g/mol. The lowest BCUT2D eigenvalue weighted by molar-refractivity contribution is 0.0525. The number of aryl methyl sites for hydroxylation is 1. The Labute approximate surface area is 130 Å². The fourth-order valence-electron chi connectivity index (χ4n) is 2.28. The molecule has 0 aromatic carbocycles. The van der Waals surface area contributed by atoms with Gasteiger partial charge >= 0.3 is 12.1 Å². The van der Waals surface area contributed by atoms with E-state index in [1.54, 1.807) is 13.0 Å². The van der Waals surface area contributed by atoms with Crippen molar-refractivity contribution in [3.63, 3.8) is 0 Å². The highest BCUT2D eigenvalue weighted by atomic mass is 16.6. The van der Waals surface area contributed by atoms with E-state index in [4.69, 9.17) is 9.47 Å². The van der Waals surface area contributed by atoms with Gasteiger partial charge in [0.1, 0.15) is 11.4 Å². The molecule has 0 spiro atoms. The van der Waals surface area contributed by atoms with Gasteiger partial charge in [-0.05, 0) is 52.2 Å². The van der Waals surface area contributed by atoms with E-state index in [1.165, 1.54) is 11.1 Å². The molecule has 0 atom stereocenters. The number of hydrogen-bond acceptors (Lipinski definition) is 5. The maximum Gasteiger partial charge on any atom is 0.416 e. The Morgan fingerprint density at radius 3 is 2.73 bits per heavy atom. The van der Waals surface area contributed by atoms with Crippen LogP contribution < -0.4 is 4.90 Å². The van der Waals surface area contributed by atoms with E-state index in [9.17, 15) is 9.59 Å². The number of amides is 1. The van der Waals surface area contributed by atoms with Crippen LogP contribution in [0.4, 0.5) is 10.6 Å². The lowest BCUT2D eigenvalue weighted by Gasteiger charge is -2.30. The first kappa shape index (κ1) is 16.3. The van der Waals surface area contributed by atoms with Crippen molar-refractivity contribution in [2.24, 2.45) is 0 Å². The van der Waals surface area contributed by atoms with E-state index in [0.717, 1.165) is 18.4 Å². The van der Waals surface area contributed by atoms with Crippen molar-refractivity contribution in [3.05, 3.63) is 23.4 Å². The minimum atomic E-state index is -0.556. The van der Waals surface area contributed by atoms with Gasteiger partial charge in [-0.1, -0.05) is 0 Å². The summed E-state index contributed by atoms with van der Waals surface area (Å²) in [5.41, 5.74) is 0.717. The molecule has 6 nitrogen and oxygen atoms in total. The summed E-state index contributed by atoms with van der Waals surface area (Å²) in [5, 5.41) is 0. The molecule has 1 aliphatic rings. The third-order valence-electron chi connectivity index (χ3n) is 3.15. The molecule has 0 N–H and O–H groups in total. The minimum Gasteiger partial charge on any atom is -0.462 e. The standard InChI is InChI=1S/C16H22N2O4/c1-5-21-14(19)12-9-11-7-6-8-18(13(11)17-10-12)15(20)22-16(2,3)4/h9-10H,5-8H2,1-4H3. The summed E-state index contributed by atoms with van der Waals surface area (Å²) < 4.78 is 10.4. The Morgan fingerprint density at radius 1 is 1.36 bits per heavy atom. The van der Waals surface area contributed by atoms with Gasteiger partial charge in [-0.15, -0.1) is 0 Å². The van der Waals surface area contributed by atoms with E-state index in [-0.39, 0.29) is 0 Å². The van der Waals surface area contributed by atoms with Crippen LogP contribution in [0.3, 0.4) is 0 Å². The number of carbonyl (C=O) groups is 2. The molecule has 2 rings (SSSR count). The first-order valence-corrected chi connectivity index (χ1v) is 7.48. The first-order valence-electron chi connectivity index (χ1n) is 7.48. The molecule has 1 amide bonds.